The summed E-state index contributed by atoms with van der Waals surface area (Å²) in [6, 6.07) is 15.0. The van der Waals surface area contributed by atoms with Crippen molar-refractivity contribution in [1.82, 2.24) is 9.97 Å². The highest BCUT2D eigenvalue weighted by Gasteiger charge is 2.10. The molecule has 0 fully saturated rings. The van der Waals surface area contributed by atoms with E-state index in [0.717, 1.165) is 21.8 Å². The van der Waals surface area contributed by atoms with Gasteiger partial charge in [-0.25, -0.2) is 9.98 Å². The van der Waals surface area contributed by atoms with Crippen LogP contribution in [0.5, 0.6) is 5.88 Å². The van der Waals surface area contributed by atoms with Gasteiger partial charge < -0.3 is 20.5 Å². The number of H-pyrrole nitrogens is 1. The van der Waals surface area contributed by atoms with E-state index in [1.807, 2.05) is 48.5 Å². The molecule has 0 aliphatic carbocycles. The molecular formula is C19H17N5O2. The number of hydrogen-bond acceptors (Lipinski definition) is 6. The largest absolute Gasteiger partial charge is 0.492 e. The molecule has 0 spiro atoms. The number of aromatic amines is 1. The van der Waals surface area contributed by atoms with Crippen LogP contribution in [0.2, 0.25) is 0 Å². The lowest BCUT2D eigenvalue weighted by atomic mass is 10.1. The molecule has 2 heterocycles. The third-order valence-corrected chi connectivity index (χ3v) is 4.06. The summed E-state index contributed by atoms with van der Waals surface area (Å²) in [5.74, 6) is 0.272. The topological polar surface area (TPSA) is 106 Å². The molecule has 130 valence electrons. The maximum atomic E-state index is 10.2. The van der Waals surface area contributed by atoms with Crippen LogP contribution in [0.15, 0.2) is 58.5 Å². The number of hydrogen-bond donors (Lipinski definition) is 4. The maximum absolute atomic E-state index is 10.2. The minimum Gasteiger partial charge on any atom is -0.492 e. The number of nitrogens with zero attached hydrogens (tertiary/aromatic N) is 3. The predicted octanol–water partition coefficient (Wildman–Crippen LogP) is 1.38. The van der Waals surface area contributed by atoms with Gasteiger partial charge in [0.15, 0.2) is 0 Å². The van der Waals surface area contributed by atoms with Crippen LogP contribution in [0, 0.1) is 0 Å². The van der Waals surface area contributed by atoms with Gasteiger partial charge >= 0.3 is 0 Å². The quantitative estimate of drug-likeness (QED) is 0.559. The van der Waals surface area contributed by atoms with Gasteiger partial charge in [0.25, 0.3) is 0 Å². The zero-order valence-corrected chi connectivity index (χ0v) is 13.8. The van der Waals surface area contributed by atoms with E-state index in [-0.39, 0.29) is 12.4 Å². The highest BCUT2D eigenvalue weighted by molar-refractivity contribution is 5.67. The first-order valence-electron chi connectivity index (χ1n) is 8.17. The highest BCUT2D eigenvalue weighted by Crippen LogP contribution is 2.18. The van der Waals surface area contributed by atoms with E-state index in [9.17, 15) is 10.2 Å². The van der Waals surface area contributed by atoms with Crippen molar-refractivity contribution < 1.29 is 10.2 Å². The standard InChI is InChI=1S/C19H17N5O2/c25-17(13-4-2-1-3-5-13)10-20-19-23-16(18(26)24-19)9-12-6-7-14-15(8-12)22-11-21-14/h1-9,11,17,25-26H,10H2,(H2,20,23,24)/b12-9+/t17-/m1/s1. The summed E-state index contributed by atoms with van der Waals surface area (Å²) in [7, 11) is 0. The lowest BCUT2D eigenvalue weighted by Gasteiger charge is -2.11. The zero-order chi connectivity index (χ0) is 17.9. The number of aromatic nitrogens is 2. The SMILES string of the molecule is Oc1nc(NC[C@@H](O)c2ccccc2)[nH]c1/C=c1\ccc2c(c1)N=CN=2. The smallest absolute Gasteiger partial charge is 0.238 e. The van der Waals surface area contributed by atoms with E-state index in [0.29, 0.717) is 11.6 Å². The summed E-state index contributed by atoms with van der Waals surface area (Å²) >= 11 is 0. The van der Waals surface area contributed by atoms with Gasteiger partial charge in [-0.05, 0) is 29.0 Å². The number of aliphatic imine (C=N–C) groups is 1. The van der Waals surface area contributed by atoms with E-state index in [2.05, 4.69) is 25.3 Å². The van der Waals surface area contributed by atoms with Crippen LogP contribution in [0.4, 0.5) is 11.6 Å². The van der Waals surface area contributed by atoms with Gasteiger partial charge in [0, 0.05) is 6.54 Å². The van der Waals surface area contributed by atoms with Crippen molar-refractivity contribution in [3.63, 3.8) is 0 Å². The zero-order valence-electron chi connectivity index (χ0n) is 13.8. The normalized spacial score (nSPS) is 14.1. The van der Waals surface area contributed by atoms with E-state index in [4.69, 9.17) is 0 Å². The number of aromatic hydroxyl groups is 1. The molecule has 1 aliphatic heterocycles. The first-order chi connectivity index (χ1) is 12.7. The monoisotopic (exact) mass is 347 g/mol. The van der Waals surface area contributed by atoms with E-state index >= 15 is 0 Å². The van der Waals surface area contributed by atoms with Gasteiger partial charge in [-0.2, -0.15) is 4.98 Å². The molecule has 7 nitrogen and oxygen atoms in total. The third-order valence-electron chi connectivity index (χ3n) is 4.06. The van der Waals surface area contributed by atoms with E-state index < -0.39 is 6.10 Å². The first kappa shape index (κ1) is 16.0. The average Bonchev–Trinajstić information content (AvgIpc) is 3.27. The van der Waals surface area contributed by atoms with Crippen molar-refractivity contribution in [2.75, 3.05) is 11.9 Å². The van der Waals surface area contributed by atoms with Gasteiger partial charge in [-0.1, -0.05) is 36.4 Å². The van der Waals surface area contributed by atoms with E-state index in [1.54, 1.807) is 6.08 Å². The molecule has 4 N–H and O–H groups in total. The summed E-state index contributed by atoms with van der Waals surface area (Å²) in [6.45, 7) is 0.269. The summed E-state index contributed by atoms with van der Waals surface area (Å²) in [6.07, 6.45) is 2.62. The van der Waals surface area contributed by atoms with Crippen molar-refractivity contribution in [2.24, 2.45) is 9.98 Å². The van der Waals surface area contributed by atoms with Crippen LogP contribution in [-0.2, 0) is 0 Å². The van der Waals surface area contributed by atoms with Crippen molar-refractivity contribution >= 4 is 24.1 Å². The fourth-order valence-corrected chi connectivity index (χ4v) is 2.71. The van der Waals surface area contributed by atoms with Gasteiger partial charge in [0.05, 0.1) is 17.1 Å². The maximum Gasteiger partial charge on any atom is 0.238 e. The van der Waals surface area contributed by atoms with Crippen LogP contribution >= 0.6 is 0 Å². The molecule has 26 heavy (non-hydrogen) atoms. The minimum atomic E-state index is -0.672. The Morgan fingerprint density at radius 2 is 2.00 bits per heavy atom. The first-order valence-corrected chi connectivity index (χ1v) is 8.17. The number of imidazole rings is 1. The molecule has 0 bridgehead atoms. The Morgan fingerprint density at radius 1 is 1.15 bits per heavy atom. The number of nitrogens with one attached hydrogen (secondary N) is 2. The van der Waals surface area contributed by atoms with Crippen molar-refractivity contribution in [3.05, 3.63) is 70.4 Å². The third kappa shape index (κ3) is 3.33. The van der Waals surface area contributed by atoms with Gasteiger partial charge in [0.1, 0.15) is 12.0 Å². The Balaban J connectivity index is 1.50. The van der Waals surface area contributed by atoms with Gasteiger partial charge in [-0.3, -0.25) is 0 Å². The van der Waals surface area contributed by atoms with Crippen LogP contribution in [0.25, 0.3) is 6.08 Å². The fourth-order valence-electron chi connectivity index (χ4n) is 2.71. The van der Waals surface area contributed by atoms with Crippen LogP contribution in [0.3, 0.4) is 0 Å². The Kier molecular flexibility index (Phi) is 4.20. The Morgan fingerprint density at radius 3 is 2.85 bits per heavy atom. The Bertz CT molecular complexity index is 1070. The van der Waals surface area contributed by atoms with Crippen LogP contribution in [0.1, 0.15) is 17.4 Å². The second-order valence-corrected chi connectivity index (χ2v) is 5.90. The molecule has 0 unspecified atom stereocenters. The van der Waals surface area contributed by atoms with E-state index in [1.165, 1.54) is 6.34 Å². The number of aliphatic hydroxyl groups excluding tert-OH is 1. The van der Waals surface area contributed by atoms with Crippen molar-refractivity contribution in [1.29, 1.82) is 0 Å². The summed E-state index contributed by atoms with van der Waals surface area (Å²) < 4.78 is 0. The number of aliphatic hydroxyl groups is 1. The number of fused-ring (bicyclic) bond motifs is 1. The number of benzene rings is 2. The molecule has 0 radical (unpaired) electrons. The second-order valence-electron chi connectivity index (χ2n) is 5.90. The van der Waals surface area contributed by atoms with Crippen molar-refractivity contribution in [3.8, 4) is 5.88 Å². The average molecular weight is 347 g/mol. The molecule has 7 heteroatoms. The summed E-state index contributed by atoms with van der Waals surface area (Å²) in [4.78, 5) is 15.3. The minimum absolute atomic E-state index is 0.115. The molecule has 1 atom stereocenters. The Labute approximate surface area is 149 Å². The molecule has 1 aromatic heterocycles. The van der Waals surface area contributed by atoms with Gasteiger partial charge in [0.2, 0.25) is 11.8 Å². The molecule has 1 aliphatic rings. The van der Waals surface area contributed by atoms with Crippen LogP contribution < -0.4 is 15.9 Å². The lowest BCUT2D eigenvalue weighted by Crippen LogP contribution is -2.12. The predicted molar refractivity (Wildman–Crippen MR) is 99.1 cm³/mol. The molecule has 0 amide bonds. The van der Waals surface area contributed by atoms with Crippen molar-refractivity contribution in [2.45, 2.75) is 6.10 Å². The molecular weight excluding hydrogens is 330 g/mol. The second kappa shape index (κ2) is 6.81. The molecule has 4 rings (SSSR count). The molecule has 2 aromatic carbocycles. The lowest BCUT2D eigenvalue weighted by molar-refractivity contribution is 0.191. The Hall–Kier alpha value is -3.45. The summed E-state index contributed by atoms with van der Waals surface area (Å²) in [5, 5.41) is 24.9. The summed E-state index contributed by atoms with van der Waals surface area (Å²) in [5.41, 5.74) is 2.08. The number of anilines is 1. The molecule has 3 aromatic rings. The molecule has 0 saturated carbocycles. The van der Waals surface area contributed by atoms with Gasteiger partial charge in [-0.15, -0.1) is 0 Å². The highest BCUT2D eigenvalue weighted by atomic mass is 16.3. The molecule has 0 saturated heterocycles. The van der Waals surface area contributed by atoms with Crippen LogP contribution in [-0.4, -0.2) is 33.1 Å². The number of rotatable bonds is 5. The fraction of sp³-hybridized carbons (Fsp3) is 0.105.